The lowest BCUT2D eigenvalue weighted by atomic mass is 9.89. The van der Waals surface area contributed by atoms with Crippen LogP contribution in [0.15, 0.2) is 0 Å². The van der Waals surface area contributed by atoms with Crippen molar-refractivity contribution in [1.82, 2.24) is 0 Å². The summed E-state index contributed by atoms with van der Waals surface area (Å²) in [6, 6.07) is 0. The van der Waals surface area contributed by atoms with Crippen LogP contribution in [0.25, 0.3) is 0 Å². The molecule has 27 heavy (non-hydrogen) atoms. The molecule has 0 bridgehead atoms. The first kappa shape index (κ1) is 25.4. The molecule has 0 aliphatic rings. The van der Waals surface area contributed by atoms with Crippen molar-refractivity contribution in [2.24, 2.45) is 0 Å². The number of hydrogen-bond donors (Lipinski definition) is 0. The number of terminal acetylenes is 1. The summed E-state index contributed by atoms with van der Waals surface area (Å²) in [6.45, 7) is 0. The van der Waals surface area contributed by atoms with Crippen molar-refractivity contribution in [3.8, 4) is 12.3 Å². The van der Waals surface area contributed by atoms with Crippen LogP contribution in [0.4, 0.5) is 74.6 Å². The van der Waals surface area contributed by atoms with Crippen molar-refractivity contribution >= 4 is 0 Å². The molecule has 0 aromatic rings. The topological polar surface area (TPSA) is 0 Å². The van der Waals surface area contributed by atoms with Gasteiger partial charge in [-0.15, -0.1) is 6.42 Å². The van der Waals surface area contributed by atoms with Crippen LogP contribution in [0, 0.1) is 12.3 Å². The molecule has 0 fully saturated rings. The maximum absolute atomic E-state index is 13.0. The summed E-state index contributed by atoms with van der Waals surface area (Å²) in [5, 5.41) is 0. The summed E-state index contributed by atoms with van der Waals surface area (Å²) in [4.78, 5) is 0. The van der Waals surface area contributed by atoms with Gasteiger partial charge in [-0.05, 0) is 5.92 Å². The van der Waals surface area contributed by atoms with Crippen molar-refractivity contribution in [3.05, 3.63) is 0 Å². The molecule has 0 amide bonds. The van der Waals surface area contributed by atoms with Crippen molar-refractivity contribution in [2.75, 3.05) is 0 Å². The molecule has 0 nitrogen and oxygen atoms in total. The van der Waals surface area contributed by atoms with E-state index in [2.05, 4.69) is 6.42 Å². The molecule has 0 spiro atoms. The minimum Gasteiger partial charge on any atom is -0.192 e. The fraction of sp³-hybridized carbons (Fsp3) is 0.800. The van der Waals surface area contributed by atoms with Gasteiger partial charge in [-0.3, -0.25) is 0 Å². The third kappa shape index (κ3) is 2.94. The Labute approximate surface area is 136 Å². The molecule has 0 unspecified atom stereocenters. The Kier molecular flexibility index (Phi) is 5.57. The zero-order chi connectivity index (χ0) is 22.7. The average Bonchev–Trinajstić information content (AvgIpc) is 2.44. The second kappa shape index (κ2) is 5.93. The van der Waals surface area contributed by atoms with Gasteiger partial charge in [0.05, 0.1) is 0 Å². The van der Waals surface area contributed by atoms with Crippen LogP contribution >= 0.6 is 0 Å². The highest BCUT2D eigenvalue weighted by Gasteiger charge is 2.95. The van der Waals surface area contributed by atoms with Crippen LogP contribution in [-0.2, 0) is 0 Å². The molecule has 0 atom stereocenters. The first-order valence-electron chi connectivity index (χ1n) is 5.50. The largest absolute Gasteiger partial charge is 0.460 e. The summed E-state index contributed by atoms with van der Waals surface area (Å²) in [5.74, 6) is -57.3. The standard InChI is InChI=1S/C10HF17/c1-2-3(11,12)4(13,14)5(15,16)6(17,18)7(19,20)8(21,22)9(23,24)10(25,26)27/h1H. The highest BCUT2D eigenvalue weighted by molar-refractivity contribution is 5.20. The number of rotatable bonds is 6. The maximum atomic E-state index is 13.0. The van der Waals surface area contributed by atoms with Crippen LogP contribution in [0.1, 0.15) is 0 Å². The van der Waals surface area contributed by atoms with Gasteiger partial charge >= 0.3 is 47.6 Å². The third-order valence-electron chi connectivity index (χ3n) is 2.90. The van der Waals surface area contributed by atoms with Gasteiger partial charge in [0.2, 0.25) is 0 Å². The molecule has 0 radical (unpaired) electrons. The Morgan fingerprint density at radius 2 is 0.593 bits per heavy atom. The van der Waals surface area contributed by atoms with E-state index >= 15 is 0 Å². The Morgan fingerprint density at radius 3 is 0.815 bits per heavy atom. The minimum absolute atomic E-state index is 0.553. The van der Waals surface area contributed by atoms with Gasteiger partial charge in [0.25, 0.3) is 0 Å². The van der Waals surface area contributed by atoms with Crippen LogP contribution in [0.3, 0.4) is 0 Å². The summed E-state index contributed by atoms with van der Waals surface area (Å²) in [7, 11) is 0. The van der Waals surface area contributed by atoms with Crippen molar-refractivity contribution in [2.45, 2.75) is 47.6 Å². The number of halogens is 17. The zero-order valence-electron chi connectivity index (χ0n) is 11.5. The predicted octanol–water partition coefficient (Wildman–Crippen LogP) is 5.63. The van der Waals surface area contributed by atoms with Gasteiger partial charge in [0.1, 0.15) is 0 Å². The van der Waals surface area contributed by atoms with E-state index in [-0.39, 0.29) is 0 Å². The van der Waals surface area contributed by atoms with Crippen LogP contribution in [0.2, 0.25) is 0 Å². The molecular formula is C10HF17. The predicted molar refractivity (Wildman–Crippen MR) is 49.5 cm³/mol. The van der Waals surface area contributed by atoms with E-state index in [1.54, 1.807) is 0 Å². The van der Waals surface area contributed by atoms with E-state index in [0.29, 0.717) is 0 Å². The van der Waals surface area contributed by atoms with Gasteiger partial charge in [-0.1, -0.05) is 0 Å². The van der Waals surface area contributed by atoms with Gasteiger partial charge in [0, 0.05) is 0 Å². The molecule has 17 heteroatoms. The van der Waals surface area contributed by atoms with E-state index in [1.165, 1.54) is 0 Å². The molecule has 0 N–H and O–H groups in total. The lowest BCUT2D eigenvalue weighted by Crippen LogP contribution is -2.74. The smallest absolute Gasteiger partial charge is 0.192 e. The normalized spacial score (nSPS) is 16.3. The quantitative estimate of drug-likeness (QED) is 0.368. The van der Waals surface area contributed by atoms with Crippen molar-refractivity contribution in [3.63, 3.8) is 0 Å². The van der Waals surface area contributed by atoms with E-state index in [9.17, 15) is 74.6 Å². The monoisotopic (exact) mass is 444 g/mol. The summed E-state index contributed by atoms with van der Waals surface area (Å²) in [6.07, 6.45) is -4.18. The third-order valence-corrected chi connectivity index (χ3v) is 2.90. The minimum atomic E-state index is -8.63. The van der Waals surface area contributed by atoms with Crippen LogP contribution in [-0.4, -0.2) is 47.6 Å². The Balaban J connectivity index is 6.71. The Bertz CT molecular complexity index is 600. The molecule has 0 rings (SSSR count). The summed E-state index contributed by atoms with van der Waals surface area (Å²) in [5.41, 5.74) is 0. The lowest BCUT2D eigenvalue weighted by Gasteiger charge is -2.42. The molecule has 0 saturated heterocycles. The van der Waals surface area contributed by atoms with E-state index in [0.717, 1.165) is 0 Å². The highest BCUT2D eigenvalue weighted by atomic mass is 19.4. The SMILES string of the molecule is C#CC(F)(F)C(F)(F)C(F)(F)C(F)(F)C(F)(F)C(F)(F)C(F)(F)C(F)(F)F. The van der Waals surface area contributed by atoms with Crippen LogP contribution in [0.5, 0.6) is 0 Å². The maximum Gasteiger partial charge on any atom is 0.460 e. The fourth-order valence-electron chi connectivity index (χ4n) is 1.25. The fourth-order valence-corrected chi connectivity index (χ4v) is 1.25. The molecule has 0 aromatic carbocycles. The first-order valence-corrected chi connectivity index (χ1v) is 5.50. The molecule has 0 aromatic heterocycles. The molecule has 0 aliphatic heterocycles. The number of alkyl halides is 17. The molecule has 0 heterocycles. The van der Waals surface area contributed by atoms with Gasteiger partial charge in [0.15, 0.2) is 0 Å². The van der Waals surface area contributed by atoms with Crippen molar-refractivity contribution < 1.29 is 74.6 Å². The van der Waals surface area contributed by atoms with E-state index < -0.39 is 53.6 Å². The van der Waals surface area contributed by atoms with E-state index in [4.69, 9.17) is 0 Å². The zero-order valence-corrected chi connectivity index (χ0v) is 11.5. The second-order valence-electron chi connectivity index (χ2n) is 4.66. The van der Waals surface area contributed by atoms with E-state index in [1.807, 2.05) is 0 Å². The highest BCUT2D eigenvalue weighted by Crippen LogP contribution is 2.63. The Morgan fingerprint density at radius 1 is 0.370 bits per heavy atom. The average molecular weight is 444 g/mol. The summed E-state index contributed by atoms with van der Waals surface area (Å²) < 4.78 is 214. The Hall–Kier alpha value is -1.63. The van der Waals surface area contributed by atoms with Crippen LogP contribution < -0.4 is 0 Å². The number of hydrogen-bond acceptors (Lipinski definition) is 0. The van der Waals surface area contributed by atoms with Gasteiger partial charge in [-0.25, -0.2) is 0 Å². The van der Waals surface area contributed by atoms with Gasteiger partial charge in [-0.2, -0.15) is 74.6 Å². The molecule has 160 valence electrons. The van der Waals surface area contributed by atoms with Gasteiger partial charge < -0.3 is 0 Å². The summed E-state index contributed by atoms with van der Waals surface area (Å²) >= 11 is 0. The van der Waals surface area contributed by atoms with Crippen molar-refractivity contribution in [1.29, 1.82) is 0 Å². The first-order chi connectivity index (χ1) is 11.3. The molecule has 0 aliphatic carbocycles. The second-order valence-corrected chi connectivity index (χ2v) is 4.66. The molecular weight excluding hydrogens is 443 g/mol. The molecule has 0 saturated carbocycles. The lowest BCUT2D eigenvalue weighted by molar-refractivity contribution is -0.459.